The summed E-state index contributed by atoms with van der Waals surface area (Å²) in [6.45, 7) is 6.35. The van der Waals surface area contributed by atoms with Crippen LogP contribution in [0.15, 0.2) is 72.9 Å². The summed E-state index contributed by atoms with van der Waals surface area (Å²) in [5, 5.41) is 0. The molecule has 0 aliphatic heterocycles. The van der Waals surface area contributed by atoms with Gasteiger partial charge < -0.3 is 14.2 Å². The van der Waals surface area contributed by atoms with Crippen LogP contribution in [0.5, 0.6) is 0 Å². The SMILES string of the molecule is CC/C=C\C/C=C\C/C=C\C/C=C\CCC(=O)OC(COC(=O)CCCCCCCC)COC(=O)CCCCCCCCCCC/C=C\C/C=C\CCCCC. The van der Waals surface area contributed by atoms with Gasteiger partial charge in [0.2, 0.25) is 0 Å². The van der Waals surface area contributed by atoms with Crippen LogP contribution in [0, 0.1) is 0 Å². The highest BCUT2D eigenvalue weighted by Crippen LogP contribution is 2.13. The maximum Gasteiger partial charge on any atom is 0.306 e. The van der Waals surface area contributed by atoms with Crippen molar-refractivity contribution in [3.8, 4) is 0 Å². The van der Waals surface area contributed by atoms with Gasteiger partial charge in [0.05, 0.1) is 0 Å². The summed E-state index contributed by atoms with van der Waals surface area (Å²) in [5.74, 6) is -1.01. The molecule has 320 valence electrons. The standard InChI is InChI=1S/C50H84O6/c1-4-7-10-13-16-18-20-22-23-24-25-26-27-29-30-32-34-37-40-43-49(52)55-46-47(45-54-48(51)42-39-36-15-12-9-6-3)56-50(53)44-41-38-35-33-31-28-21-19-17-14-11-8-5-2/h8,11,16-19,22-23,28,31,35,38,47H,4-7,9-10,12-15,20-21,24-27,29-30,32-34,36-37,39-46H2,1-3H3/b11-8-,18-16-,19-17-,23-22-,31-28-,38-35-. The highest BCUT2D eigenvalue weighted by molar-refractivity contribution is 5.71. The van der Waals surface area contributed by atoms with Gasteiger partial charge in [-0.15, -0.1) is 0 Å². The van der Waals surface area contributed by atoms with Gasteiger partial charge in [-0.3, -0.25) is 14.4 Å². The van der Waals surface area contributed by atoms with E-state index in [-0.39, 0.29) is 31.6 Å². The monoisotopic (exact) mass is 781 g/mol. The fourth-order valence-corrected chi connectivity index (χ4v) is 6.01. The van der Waals surface area contributed by atoms with E-state index in [0.29, 0.717) is 19.3 Å². The molecule has 0 aromatic rings. The first-order valence-electron chi connectivity index (χ1n) is 22.9. The third-order valence-corrected chi connectivity index (χ3v) is 9.46. The zero-order valence-corrected chi connectivity index (χ0v) is 36.4. The molecular formula is C50H84O6. The Kier molecular flexibility index (Phi) is 42.1. The van der Waals surface area contributed by atoms with E-state index in [1.54, 1.807) is 0 Å². The lowest BCUT2D eigenvalue weighted by atomic mass is 10.1. The predicted molar refractivity (Wildman–Crippen MR) is 238 cm³/mol. The number of ether oxygens (including phenoxy) is 3. The topological polar surface area (TPSA) is 78.9 Å². The van der Waals surface area contributed by atoms with E-state index < -0.39 is 12.1 Å². The number of rotatable bonds is 40. The van der Waals surface area contributed by atoms with Crippen molar-refractivity contribution in [2.24, 2.45) is 0 Å². The normalized spacial score (nSPS) is 12.7. The van der Waals surface area contributed by atoms with Crippen molar-refractivity contribution in [3.63, 3.8) is 0 Å². The summed E-state index contributed by atoms with van der Waals surface area (Å²) in [4.78, 5) is 37.5. The molecule has 0 saturated carbocycles. The van der Waals surface area contributed by atoms with E-state index >= 15 is 0 Å². The van der Waals surface area contributed by atoms with E-state index in [1.165, 1.54) is 89.9 Å². The minimum atomic E-state index is -0.810. The molecule has 0 radical (unpaired) electrons. The van der Waals surface area contributed by atoms with Crippen molar-refractivity contribution in [3.05, 3.63) is 72.9 Å². The fraction of sp³-hybridized carbons (Fsp3) is 0.700. The number of hydrogen-bond acceptors (Lipinski definition) is 6. The molecule has 1 atom stereocenters. The van der Waals surface area contributed by atoms with Crippen LogP contribution in [0.3, 0.4) is 0 Å². The molecule has 6 heteroatoms. The van der Waals surface area contributed by atoms with Crippen LogP contribution >= 0.6 is 0 Å². The molecule has 0 aliphatic rings. The van der Waals surface area contributed by atoms with Crippen LogP contribution < -0.4 is 0 Å². The van der Waals surface area contributed by atoms with E-state index in [0.717, 1.165) is 70.6 Å². The van der Waals surface area contributed by atoms with Crippen molar-refractivity contribution >= 4 is 17.9 Å². The van der Waals surface area contributed by atoms with Crippen molar-refractivity contribution in [2.75, 3.05) is 13.2 Å². The lowest BCUT2D eigenvalue weighted by Gasteiger charge is -2.18. The Morgan fingerprint density at radius 2 is 0.732 bits per heavy atom. The van der Waals surface area contributed by atoms with Crippen LogP contribution in [-0.4, -0.2) is 37.2 Å². The van der Waals surface area contributed by atoms with Gasteiger partial charge in [0.25, 0.3) is 0 Å². The summed E-state index contributed by atoms with van der Waals surface area (Å²) < 4.78 is 16.5. The number of hydrogen-bond donors (Lipinski definition) is 0. The molecule has 0 fully saturated rings. The fourth-order valence-electron chi connectivity index (χ4n) is 6.01. The Morgan fingerprint density at radius 3 is 1.20 bits per heavy atom. The minimum Gasteiger partial charge on any atom is -0.462 e. The predicted octanol–water partition coefficient (Wildman–Crippen LogP) is 14.7. The van der Waals surface area contributed by atoms with E-state index in [2.05, 4.69) is 81.5 Å². The molecule has 0 N–H and O–H groups in total. The Bertz CT molecular complexity index is 1080. The van der Waals surface area contributed by atoms with Gasteiger partial charge >= 0.3 is 17.9 Å². The maximum atomic E-state index is 12.6. The second-order valence-electron chi connectivity index (χ2n) is 14.9. The highest BCUT2D eigenvalue weighted by atomic mass is 16.6. The third-order valence-electron chi connectivity index (χ3n) is 9.46. The van der Waals surface area contributed by atoms with Gasteiger partial charge in [0.15, 0.2) is 6.10 Å². The molecular weight excluding hydrogens is 697 g/mol. The van der Waals surface area contributed by atoms with E-state index in [1.807, 2.05) is 12.2 Å². The maximum absolute atomic E-state index is 12.6. The Labute approximate surface area is 344 Å². The molecule has 56 heavy (non-hydrogen) atoms. The summed E-state index contributed by atoms with van der Waals surface area (Å²) in [5.41, 5.74) is 0. The number of carbonyl (C=O) groups is 3. The van der Waals surface area contributed by atoms with Crippen LogP contribution in [0.2, 0.25) is 0 Å². The summed E-state index contributed by atoms with van der Waals surface area (Å²) in [6.07, 6.45) is 54.9. The van der Waals surface area contributed by atoms with Crippen molar-refractivity contribution in [2.45, 2.75) is 213 Å². The molecule has 0 rings (SSSR count). The van der Waals surface area contributed by atoms with Crippen molar-refractivity contribution in [1.29, 1.82) is 0 Å². The first-order chi connectivity index (χ1) is 27.5. The number of esters is 3. The third kappa shape index (κ3) is 42.0. The average Bonchev–Trinajstić information content (AvgIpc) is 3.19. The molecule has 0 aromatic carbocycles. The average molecular weight is 781 g/mol. The zero-order valence-electron chi connectivity index (χ0n) is 36.4. The van der Waals surface area contributed by atoms with Crippen LogP contribution in [0.1, 0.15) is 207 Å². The molecule has 0 aromatic heterocycles. The first kappa shape index (κ1) is 52.9. The van der Waals surface area contributed by atoms with Gasteiger partial charge in [0, 0.05) is 19.3 Å². The zero-order chi connectivity index (χ0) is 40.8. The van der Waals surface area contributed by atoms with Gasteiger partial charge in [-0.25, -0.2) is 0 Å². The van der Waals surface area contributed by atoms with Gasteiger partial charge in [0.1, 0.15) is 13.2 Å². The summed E-state index contributed by atoms with van der Waals surface area (Å²) >= 11 is 0. The van der Waals surface area contributed by atoms with Crippen LogP contribution in [0.25, 0.3) is 0 Å². The smallest absolute Gasteiger partial charge is 0.306 e. The lowest BCUT2D eigenvalue weighted by molar-refractivity contribution is -0.166. The number of carbonyl (C=O) groups excluding carboxylic acids is 3. The Hall–Kier alpha value is -3.15. The molecule has 0 saturated heterocycles. The molecule has 6 nitrogen and oxygen atoms in total. The molecule has 0 amide bonds. The van der Waals surface area contributed by atoms with Crippen LogP contribution in [-0.2, 0) is 28.6 Å². The first-order valence-corrected chi connectivity index (χ1v) is 22.9. The lowest BCUT2D eigenvalue weighted by Crippen LogP contribution is -2.30. The Morgan fingerprint density at radius 1 is 0.375 bits per heavy atom. The summed E-state index contributed by atoms with van der Waals surface area (Å²) in [7, 11) is 0. The summed E-state index contributed by atoms with van der Waals surface area (Å²) in [6, 6.07) is 0. The minimum absolute atomic E-state index is 0.106. The van der Waals surface area contributed by atoms with Gasteiger partial charge in [-0.05, 0) is 77.0 Å². The molecule has 0 bridgehead atoms. The molecule has 0 aliphatic carbocycles. The molecule has 1 unspecified atom stereocenters. The van der Waals surface area contributed by atoms with Crippen molar-refractivity contribution in [1.82, 2.24) is 0 Å². The van der Waals surface area contributed by atoms with Crippen molar-refractivity contribution < 1.29 is 28.6 Å². The van der Waals surface area contributed by atoms with Gasteiger partial charge in [-0.2, -0.15) is 0 Å². The number of unbranched alkanes of at least 4 members (excludes halogenated alkanes) is 17. The quantitative estimate of drug-likeness (QED) is 0.0267. The van der Waals surface area contributed by atoms with E-state index in [4.69, 9.17) is 14.2 Å². The van der Waals surface area contributed by atoms with E-state index in [9.17, 15) is 14.4 Å². The van der Waals surface area contributed by atoms with Crippen LogP contribution in [0.4, 0.5) is 0 Å². The Balaban J connectivity index is 4.32. The molecule has 0 spiro atoms. The number of allylic oxidation sites excluding steroid dienone is 12. The molecule has 0 heterocycles. The second kappa shape index (κ2) is 44.6. The second-order valence-corrected chi connectivity index (χ2v) is 14.9. The highest BCUT2D eigenvalue weighted by Gasteiger charge is 2.19. The van der Waals surface area contributed by atoms with Gasteiger partial charge in [-0.1, -0.05) is 184 Å². The largest absolute Gasteiger partial charge is 0.462 e.